The van der Waals surface area contributed by atoms with Crippen LogP contribution < -0.4 is 5.73 Å². The molecule has 1 unspecified atom stereocenters. The molecule has 3 heteroatoms. The lowest BCUT2D eigenvalue weighted by Crippen LogP contribution is -2.47. The van der Waals surface area contributed by atoms with Crippen molar-refractivity contribution in [2.75, 3.05) is 33.4 Å². The van der Waals surface area contributed by atoms with Crippen molar-refractivity contribution in [2.45, 2.75) is 32.7 Å². The fraction of sp³-hybridized carbons (Fsp3) is 1.00. The van der Waals surface area contributed by atoms with Crippen LogP contribution in [0.3, 0.4) is 0 Å². The van der Waals surface area contributed by atoms with E-state index in [1.54, 1.807) is 7.11 Å². The van der Waals surface area contributed by atoms with Crippen LogP contribution in [-0.4, -0.2) is 44.3 Å². The number of hydrogen-bond donors (Lipinski definition) is 1. The van der Waals surface area contributed by atoms with Crippen LogP contribution >= 0.6 is 0 Å². The third-order valence-electron chi connectivity index (χ3n) is 2.85. The van der Waals surface area contributed by atoms with Gasteiger partial charge < -0.3 is 15.4 Å². The number of methoxy groups -OCH3 is 1. The second kappa shape index (κ2) is 5.10. The standard InChI is InChI=1S/C11H24N2O/c1-11(2)5-4-6-13(9-11)7-10(12)8-14-3/h10H,4-9,12H2,1-3H3. The molecule has 1 aliphatic rings. The summed E-state index contributed by atoms with van der Waals surface area (Å²) in [5.74, 6) is 0. The van der Waals surface area contributed by atoms with Crippen molar-refractivity contribution in [3.63, 3.8) is 0 Å². The first kappa shape index (κ1) is 12.0. The zero-order valence-electron chi connectivity index (χ0n) is 9.75. The first-order valence-corrected chi connectivity index (χ1v) is 5.50. The molecule has 0 spiro atoms. The summed E-state index contributed by atoms with van der Waals surface area (Å²) in [6, 6.07) is 0.161. The molecule has 1 fully saturated rings. The lowest BCUT2D eigenvalue weighted by atomic mass is 9.84. The van der Waals surface area contributed by atoms with Gasteiger partial charge in [0.05, 0.1) is 6.61 Å². The summed E-state index contributed by atoms with van der Waals surface area (Å²) < 4.78 is 5.05. The molecule has 0 aromatic rings. The number of rotatable bonds is 4. The monoisotopic (exact) mass is 200 g/mol. The van der Waals surface area contributed by atoms with Gasteiger partial charge in [0, 0.05) is 26.2 Å². The number of ether oxygens (including phenoxy) is 1. The molecule has 0 bridgehead atoms. The maximum atomic E-state index is 5.94. The number of piperidine rings is 1. The van der Waals surface area contributed by atoms with Gasteiger partial charge in [-0.3, -0.25) is 0 Å². The quantitative estimate of drug-likeness (QED) is 0.738. The topological polar surface area (TPSA) is 38.5 Å². The van der Waals surface area contributed by atoms with E-state index in [4.69, 9.17) is 10.5 Å². The SMILES string of the molecule is COCC(N)CN1CCCC(C)(C)C1. The van der Waals surface area contributed by atoms with Crippen LogP contribution in [0.15, 0.2) is 0 Å². The molecule has 0 aromatic carbocycles. The molecule has 84 valence electrons. The normalized spacial score (nSPS) is 24.9. The Labute approximate surface area is 87.6 Å². The van der Waals surface area contributed by atoms with Crippen LogP contribution in [0.2, 0.25) is 0 Å². The van der Waals surface area contributed by atoms with E-state index in [1.807, 2.05) is 0 Å². The highest BCUT2D eigenvalue weighted by Crippen LogP contribution is 2.28. The Kier molecular flexibility index (Phi) is 4.35. The van der Waals surface area contributed by atoms with Gasteiger partial charge in [0.15, 0.2) is 0 Å². The van der Waals surface area contributed by atoms with E-state index in [0.717, 1.165) is 6.54 Å². The van der Waals surface area contributed by atoms with Crippen molar-refractivity contribution in [1.29, 1.82) is 0 Å². The van der Waals surface area contributed by atoms with Gasteiger partial charge in [-0.2, -0.15) is 0 Å². The van der Waals surface area contributed by atoms with Crippen molar-refractivity contribution in [3.8, 4) is 0 Å². The van der Waals surface area contributed by atoms with E-state index >= 15 is 0 Å². The molecule has 0 aromatic heterocycles. The van der Waals surface area contributed by atoms with Crippen molar-refractivity contribution >= 4 is 0 Å². The van der Waals surface area contributed by atoms with Crippen molar-refractivity contribution < 1.29 is 4.74 Å². The van der Waals surface area contributed by atoms with Gasteiger partial charge in [-0.25, -0.2) is 0 Å². The fourth-order valence-electron chi connectivity index (χ4n) is 2.30. The predicted octanol–water partition coefficient (Wildman–Crippen LogP) is 1.08. The van der Waals surface area contributed by atoms with Gasteiger partial charge in [0.2, 0.25) is 0 Å². The summed E-state index contributed by atoms with van der Waals surface area (Å²) in [7, 11) is 1.71. The van der Waals surface area contributed by atoms with Crippen molar-refractivity contribution in [1.82, 2.24) is 4.90 Å². The third-order valence-corrected chi connectivity index (χ3v) is 2.85. The van der Waals surface area contributed by atoms with Gasteiger partial charge in [-0.1, -0.05) is 13.8 Å². The lowest BCUT2D eigenvalue weighted by molar-refractivity contribution is 0.0937. The minimum absolute atomic E-state index is 0.161. The predicted molar refractivity (Wildman–Crippen MR) is 59.3 cm³/mol. The lowest BCUT2D eigenvalue weighted by Gasteiger charge is -2.39. The number of nitrogens with two attached hydrogens (primary N) is 1. The molecule has 1 heterocycles. The molecule has 1 rings (SSSR count). The van der Waals surface area contributed by atoms with Crippen LogP contribution in [0, 0.1) is 5.41 Å². The summed E-state index contributed by atoms with van der Waals surface area (Å²) in [5, 5.41) is 0. The van der Waals surface area contributed by atoms with Gasteiger partial charge in [-0.15, -0.1) is 0 Å². The van der Waals surface area contributed by atoms with Crippen LogP contribution in [0.25, 0.3) is 0 Å². The first-order valence-electron chi connectivity index (χ1n) is 5.50. The average Bonchev–Trinajstić information content (AvgIpc) is 2.02. The fourth-order valence-corrected chi connectivity index (χ4v) is 2.30. The summed E-state index contributed by atoms with van der Waals surface area (Å²) in [6.45, 7) is 8.67. The highest BCUT2D eigenvalue weighted by atomic mass is 16.5. The average molecular weight is 200 g/mol. The maximum Gasteiger partial charge on any atom is 0.0626 e. The van der Waals surface area contributed by atoms with E-state index in [2.05, 4.69) is 18.7 Å². The highest BCUT2D eigenvalue weighted by Gasteiger charge is 2.26. The van der Waals surface area contributed by atoms with Gasteiger partial charge in [-0.05, 0) is 24.8 Å². The van der Waals surface area contributed by atoms with E-state index in [9.17, 15) is 0 Å². The zero-order valence-corrected chi connectivity index (χ0v) is 9.75. The molecule has 1 aliphatic heterocycles. The van der Waals surface area contributed by atoms with Gasteiger partial charge >= 0.3 is 0 Å². The Bertz CT molecular complexity index is 171. The number of nitrogens with zero attached hydrogens (tertiary/aromatic N) is 1. The van der Waals surface area contributed by atoms with E-state index in [-0.39, 0.29) is 6.04 Å². The Morgan fingerprint density at radius 2 is 2.21 bits per heavy atom. The molecule has 1 atom stereocenters. The van der Waals surface area contributed by atoms with Crippen molar-refractivity contribution in [2.24, 2.45) is 11.1 Å². The van der Waals surface area contributed by atoms with Crippen LogP contribution in [-0.2, 0) is 4.74 Å². The van der Waals surface area contributed by atoms with Crippen LogP contribution in [0.1, 0.15) is 26.7 Å². The molecule has 0 radical (unpaired) electrons. The van der Waals surface area contributed by atoms with E-state index < -0.39 is 0 Å². The summed E-state index contributed by atoms with van der Waals surface area (Å²) in [5.41, 5.74) is 6.40. The van der Waals surface area contributed by atoms with Crippen molar-refractivity contribution in [3.05, 3.63) is 0 Å². The summed E-state index contributed by atoms with van der Waals surface area (Å²) >= 11 is 0. The Morgan fingerprint density at radius 3 is 2.79 bits per heavy atom. The molecule has 1 saturated heterocycles. The zero-order chi connectivity index (χ0) is 10.6. The summed E-state index contributed by atoms with van der Waals surface area (Å²) in [6.07, 6.45) is 2.63. The largest absolute Gasteiger partial charge is 0.383 e. The second-order valence-electron chi connectivity index (χ2n) is 5.22. The van der Waals surface area contributed by atoms with E-state index in [1.165, 1.54) is 25.9 Å². The number of likely N-dealkylation sites (tertiary alicyclic amines) is 1. The Hall–Kier alpha value is -0.120. The number of hydrogen-bond acceptors (Lipinski definition) is 3. The maximum absolute atomic E-state index is 5.94. The molecular weight excluding hydrogens is 176 g/mol. The Balaban J connectivity index is 2.30. The van der Waals surface area contributed by atoms with E-state index in [0.29, 0.717) is 12.0 Å². The van der Waals surface area contributed by atoms with Crippen LogP contribution in [0.4, 0.5) is 0 Å². The third kappa shape index (κ3) is 3.95. The molecule has 14 heavy (non-hydrogen) atoms. The first-order chi connectivity index (χ1) is 6.53. The molecule has 0 amide bonds. The smallest absolute Gasteiger partial charge is 0.0626 e. The van der Waals surface area contributed by atoms with Gasteiger partial charge in [0.25, 0.3) is 0 Å². The minimum Gasteiger partial charge on any atom is -0.383 e. The molecule has 3 nitrogen and oxygen atoms in total. The molecule has 0 saturated carbocycles. The van der Waals surface area contributed by atoms with Crippen LogP contribution in [0.5, 0.6) is 0 Å². The summed E-state index contributed by atoms with van der Waals surface area (Å²) in [4.78, 5) is 2.47. The highest BCUT2D eigenvalue weighted by molar-refractivity contribution is 4.81. The molecular formula is C11H24N2O. The van der Waals surface area contributed by atoms with Gasteiger partial charge in [0.1, 0.15) is 0 Å². The minimum atomic E-state index is 0.161. The molecule has 2 N–H and O–H groups in total. The molecule has 0 aliphatic carbocycles. The Morgan fingerprint density at radius 1 is 1.50 bits per heavy atom. The second-order valence-corrected chi connectivity index (χ2v) is 5.22.